The second-order valence-corrected chi connectivity index (χ2v) is 11.6. The predicted molar refractivity (Wildman–Crippen MR) is 129 cm³/mol. The van der Waals surface area contributed by atoms with E-state index in [1.807, 2.05) is 24.3 Å². The third-order valence-electron chi connectivity index (χ3n) is 6.56. The molecule has 0 atom stereocenters. The molecule has 7 nitrogen and oxygen atoms in total. The van der Waals surface area contributed by atoms with Crippen LogP contribution in [-0.2, 0) is 26.0 Å². The molecule has 0 bridgehead atoms. The summed E-state index contributed by atoms with van der Waals surface area (Å²) in [5, 5.41) is 0. The van der Waals surface area contributed by atoms with Gasteiger partial charge in [0.2, 0.25) is 21.8 Å². The summed E-state index contributed by atoms with van der Waals surface area (Å²) in [5.74, 6) is -0.112. The zero-order valence-electron chi connectivity index (χ0n) is 18.4. The molecular formula is C24H27N3O4S2. The molecule has 1 saturated heterocycles. The van der Waals surface area contributed by atoms with Crippen LogP contribution in [0, 0.1) is 0 Å². The lowest BCUT2D eigenvalue weighted by atomic mass is 10.2. The van der Waals surface area contributed by atoms with Crippen LogP contribution < -0.4 is 9.80 Å². The van der Waals surface area contributed by atoms with Crippen molar-refractivity contribution >= 4 is 45.0 Å². The fourth-order valence-electron chi connectivity index (χ4n) is 4.76. The van der Waals surface area contributed by atoms with E-state index in [1.165, 1.54) is 16.7 Å². The zero-order chi connectivity index (χ0) is 23.0. The first-order valence-electron chi connectivity index (χ1n) is 11.4. The monoisotopic (exact) mass is 485 g/mol. The fourth-order valence-corrected chi connectivity index (χ4v) is 7.22. The number of rotatable bonds is 4. The number of para-hydroxylation sites is 1. The van der Waals surface area contributed by atoms with Crippen LogP contribution in [0.25, 0.3) is 0 Å². The van der Waals surface area contributed by atoms with E-state index in [4.69, 9.17) is 0 Å². The van der Waals surface area contributed by atoms with E-state index in [0.717, 1.165) is 48.3 Å². The van der Waals surface area contributed by atoms with Gasteiger partial charge in [-0.15, -0.1) is 11.8 Å². The van der Waals surface area contributed by atoms with Gasteiger partial charge < -0.3 is 9.80 Å². The van der Waals surface area contributed by atoms with Crippen molar-refractivity contribution in [3.63, 3.8) is 0 Å². The normalized spacial score (nSPS) is 19.2. The zero-order valence-corrected chi connectivity index (χ0v) is 20.0. The van der Waals surface area contributed by atoms with E-state index in [9.17, 15) is 18.0 Å². The van der Waals surface area contributed by atoms with Crippen molar-refractivity contribution in [3.05, 3.63) is 48.0 Å². The summed E-state index contributed by atoms with van der Waals surface area (Å²) >= 11 is 1.38. The first-order valence-corrected chi connectivity index (χ1v) is 13.8. The van der Waals surface area contributed by atoms with Crippen LogP contribution in [0.3, 0.4) is 0 Å². The molecule has 0 spiro atoms. The number of nitrogens with zero attached hydrogens (tertiary/aromatic N) is 3. The Morgan fingerprint density at radius 1 is 0.939 bits per heavy atom. The van der Waals surface area contributed by atoms with Gasteiger partial charge in [0, 0.05) is 30.2 Å². The summed E-state index contributed by atoms with van der Waals surface area (Å²) in [6.07, 6.45) is 4.58. The second-order valence-electron chi connectivity index (χ2n) is 8.64. The number of benzene rings is 2. The maximum Gasteiger partial charge on any atom is 0.247 e. The number of fused-ring (bicyclic) bond motifs is 2. The Morgan fingerprint density at radius 2 is 1.70 bits per heavy atom. The van der Waals surface area contributed by atoms with Gasteiger partial charge in [-0.3, -0.25) is 9.59 Å². The first-order chi connectivity index (χ1) is 15.9. The van der Waals surface area contributed by atoms with E-state index in [0.29, 0.717) is 25.3 Å². The van der Waals surface area contributed by atoms with Crippen LogP contribution in [0.1, 0.15) is 31.2 Å². The van der Waals surface area contributed by atoms with Crippen molar-refractivity contribution in [2.75, 3.05) is 41.7 Å². The van der Waals surface area contributed by atoms with Crippen LogP contribution in [0.15, 0.2) is 52.3 Å². The Kier molecular flexibility index (Phi) is 6.20. The van der Waals surface area contributed by atoms with Crippen molar-refractivity contribution in [1.82, 2.24) is 4.31 Å². The molecule has 3 aliphatic heterocycles. The summed E-state index contributed by atoms with van der Waals surface area (Å²) in [6.45, 7) is 1.52. The highest BCUT2D eigenvalue weighted by Crippen LogP contribution is 2.38. The topological polar surface area (TPSA) is 78.0 Å². The van der Waals surface area contributed by atoms with Crippen LogP contribution in [0.4, 0.5) is 11.4 Å². The van der Waals surface area contributed by atoms with Gasteiger partial charge in [0.25, 0.3) is 0 Å². The second kappa shape index (κ2) is 9.12. The SMILES string of the molecule is O=C(CN1C(=O)CSc2ccc(S(=O)(=O)N3CCCCCC3)cc21)N1CCc2ccccc21. The largest absolute Gasteiger partial charge is 0.310 e. The predicted octanol–water partition coefficient (Wildman–Crippen LogP) is 3.28. The number of carbonyl (C=O) groups excluding carboxylic acids is 2. The molecule has 0 radical (unpaired) electrons. The average Bonchev–Trinajstić information content (AvgIpc) is 3.05. The number of thioether (sulfide) groups is 1. The van der Waals surface area contributed by atoms with Gasteiger partial charge >= 0.3 is 0 Å². The molecule has 2 aromatic carbocycles. The molecule has 0 saturated carbocycles. The van der Waals surface area contributed by atoms with E-state index >= 15 is 0 Å². The highest BCUT2D eigenvalue weighted by molar-refractivity contribution is 8.00. The van der Waals surface area contributed by atoms with Gasteiger partial charge in [0.05, 0.1) is 16.3 Å². The molecule has 0 N–H and O–H groups in total. The molecule has 1 fully saturated rings. The molecule has 2 amide bonds. The minimum atomic E-state index is -3.65. The van der Waals surface area contributed by atoms with Gasteiger partial charge in [-0.2, -0.15) is 4.31 Å². The van der Waals surface area contributed by atoms with Crippen molar-refractivity contribution in [1.29, 1.82) is 0 Å². The van der Waals surface area contributed by atoms with E-state index in [1.54, 1.807) is 27.4 Å². The average molecular weight is 486 g/mol. The Balaban J connectivity index is 1.43. The smallest absolute Gasteiger partial charge is 0.247 e. The third-order valence-corrected chi connectivity index (χ3v) is 9.50. The number of hydrogen-bond donors (Lipinski definition) is 0. The molecule has 5 rings (SSSR count). The van der Waals surface area contributed by atoms with E-state index in [-0.39, 0.29) is 29.0 Å². The summed E-state index contributed by atoms with van der Waals surface area (Å²) < 4.78 is 28.2. The van der Waals surface area contributed by atoms with Crippen molar-refractivity contribution in [2.45, 2.75) is 41.9 Å². The van der Waals surface area contributed by atoms with Gasteiger partial charge in [0.15, 0.2) is 0 Å². The van der Waals surface area contributed by atoms with Crippen molar-refractivity contribution < 1.29 is 18.0 Å². The van der Waals surface area contributed by atoms with Crippen molar-refractivity contribution in [3.8, 4) is 0 Å². The molecule has 2 aromatic rings. The van der Waals surface area contributed by atoms with Gasteiger partial charge in [-0.05, 0) is 49.1 Å². The standard InChI is InChI=1S/C24H27N3O4S2/c28-23(26-14-11-18-7-3-4-8-20(18)26)16-27-21-15-19(9-10-22(21)32-17-24(27)29)33(30,31)25-12-5-1-2-6-13-25/h3-4,7-10,15H,1-2,5-6,11-14,16-17H2. The molecule has 174 valence electrons. The van der Waals surface area contributed by atoms with Crippen LogP contribution in [0.5, 0.6) is 0 Å². The lowest BCUT2D eigenvalue weighted by Crippen LogP contribution is -2.44. The molecule has 0 unspecified atom stereocenters. The number of sulfonamides is 1. The molecule has 0 aliphatic carbocycles. The third kappa shape index (κ3) is 4.29. The Morgan fingerprint density at radius 3 is 2.48 bits per heavy atom. The minimum Gasteiger partial charge on any atom is -0.310 e. The fraction of sp³-hybridized carbons (Fsp3) is 0.417. The summed E-state index contributed by atoms with van der Waals surface area (Å²) in [4.78, 5) is 30.2. The maximum atomic E-state index is 13.3. The maximum absolute atomic E-state index is 13.3. The van der Waals surface area contributed by atoms with Gasteiger partial charge in [-0.1, -0.05) is 31.0 Å². The molecule has 0 aromatic heterocycles. The highest BCUT2D eigenvalue weighted by Gasteiger charge is 2.33. The summed E-state index contributed by atoms with van der Waals surface area (Å²) in [6, 6.07) is 12.8. The Labute approximate surface area is 198 Å². The number of anilines is 2. The lowest BCUT2D eigenvalue weighted by Gasteiger charge is -2.31. The van der Waals surface area contributed by atoms with Crippen LogP contribution >= 0.6 is 11.8 Å². The van der Waals surface area contributed by atoms with Crippen LogP contribution in [-0.4, -0.2) is 56.5 Å². The molecule has 9 heteroatoms. The van der Waals surface area contributed by atoms with Gasteiger partial charge in [-0.25, -0.2) is 8.42 Å². The van der Waals surface area contributed by atoms with E-state index in [2.05, 4.69) is 0 Å². The Hall–Kier alpha value is -2.36. The first kappa shape index (κ1) is 22.4. The number of hydrogen-bond acceptors (Lipinski definition) is 5. The minimum absolute atomic E-state index is 0.103. The molecule has 3 heterocycles. The Bertz CT molecular complexity index is 1190. The highest BCUT2D eigenvalue weighted by atomic mass is 32.2. The molecule has 33 heavy (non-hydrogen) atoms. The summed E-state index contributed by atoms with van der Waals surface area (Å²) in [5.41, 5.74) is 2.52. The van der Waals surface area contributed by atoms with Crippen LogP contribution in [0.2, 0.25) is 0 Å². The number of carbonyl (C=O) groups is 2. The number of amides is 2. The van der Waals surface area contributed by atoms with Gasteiger partial charge in [0.1, 0.15) is 6.54 Å². The molecular weight excluding hydrogens is 458 g/mol. The lowest BCUT2D eigenvalue weighted by molar-refractivity contribution is -0.121. The summed E-state index contributed by atoms with van der Waals surface area (Å²) in [7, 11) is -3.65. The van der Waals surface area contributed by atoms with E-state index < -0.39 is 10.0 Å². The quantitative estimate of drug-likeness (QED) is 0.664. The molecule has 3 aliphatic rings. The van der Waals surface area contributed by atoms with Crippen molar-refractivity contribution in [2.24, 2.45) is 0 Å².